The van der Waals surface area contributed by atoms with E-state index in [4.69, 9.17) is 4.74 Å². The summed E-state index contributed by atoms with van der Waals surface area (Å²) in [4.78, 5) is 0. The average molecular weight is 183 g/mol. The lowest BCUT2D eigenvalue weighted by Gasteiger charge is -2.32. The lowest BCUT2D eigenvalue weighted by Crippen LogP contribution is -2.41. The van der Waals surface area contributed by atoms with E-state index in [2.05, 4.69) is 25.7 Å². The van der Waals surface area contributed by atoms with Crippen LogP contribution < -0.4 is 5.32 Å². The van der Waals surface area contributed by atoms with Crippen molar-refractivity contribution in [3.05, 3.63) is 12.7 Å². The second kappa shape index (κ2) is 5.40. The lowest BCUT2D eigenvalue weighted by molar-refractivity contribution is -0.0418. The van der Waals surface area contributed by atoms with Crippen LogP contribution in [0.4, 0.5) is 0 Å². The van der Waals surface area contributed by atoms with Gasteiger partial charge in [0.2, 0.25) is 0 Å². The zero-order valence-electron chi connectivity index (χ0n) is 8.75. The van der Waals surface area contributed by atoms with Crippen molar-refractivity contribution in [3.63, 3.8) is 0 Å². The fraction of sp³-hybridized carbons (Fsp3) is 0.818. The maximum Gasteiger partial charge on any atom is 0.0565 e. The molecular weight excluding hydrogens is 162 g/mol. The molecule has 2 heteroatoms. The van der Waals surface area contributed by atoms with E-state index in [1.165, 1.54) is 0 Å². The molecule has 2 atom stereocenters. The number of ether oxygens (including phenoxy) is 1. The molecule has 2 unspecified atom stereocenters. The molecule has 0 saturated carbocycles. The first-order chi connectivity index (χ1) is 6.22. The molecule has 1 aliphatic heterocycles. The third-order valence-electron chi connectivity index (χ3n) is 2.48. The van der Waals surface area contributed by atoms with Crippen molar-refractivity contribution in [1.29, 1.82) is 0 Å². The Kier molecular flexibility index (Phi) is 4.46. The zero-order chi connectivity index (χ0) is 9.68. The summed E-state index contributed by atoms with van der Waals surface area (Å²) < 4.78 is 5.66. The molecule has 0 spiro atoms. The van der Waals surface area contributed by atoms with Crippen LogP contribution in [0.3, 0.4) is 0 Å². The highest BCUT2D eigenvalue weighted by atomic mass is 16.5. The molecule has 0 aromatic carbocycles. The third-order valence-corrected chi connectivity index (χ3v) is 2.48. The largest absolute Gasteiger partial charge is 0.375 e. The number of hydrogen-bond acceptors (Lipinski definition) is 2. The molecule has 0 aliphatic carbocycles. The molecule has 0 aromatic heterocycles. The molecule has 0 bridgehead atoms. The van der Waals surface area contributed by atoms with Crippen molar-refractivity contribution in [2.24, 2.45) is 0 Å². The molecule has 1 heterocycles. The van der Waals surface area contributed by atoms with Crippen molar-refractivity contribution >= 4 is 0 Å². The maximum atomic E-state index is 5.66. The Balaban J connectivity index is 2.20. The van der Waals surface area contributed by atoms with Crippen LogP contribution in [0.25, 0.3) is 0 Å². The van der Waals surface area contributed by atoms with Crippen molar-refractivity contribution in [1.82, 2.24) is 5.32 Å². The molecule has 1 saturated heterocycles. The molecular formula is C11H21NO. The van der Waals surface area contributed by atoms with Gasteiger partial charge in [-0.2, -0.15) is 0 Å². The highest BCUT2D eigenvalue weighted by Crippen LogP contribution is 2.18. The summed E-state index contributed by atoms with van der Waals surface area (Å²) >= 11 is 0. The Morgan fingerprint density at radius 2 is 2.00 bits per heavy atom. The molecule has 76 valence electrons. The average Bonchev–Trinajstić information content (AvgIpc) is 2.03. The van der Waals surface area contributed by atoms with E-state index >= 15 is 0 Å². The van der Waals surface area contributed by atoms with E-state index in [1.807, 2.05) is 6.08 Å². The standard InChI is InChI=1S/C11H21NO/c1-4-5-6-12-11-7-9(2)13-10(3)8-11/h4,9-12H,1,5-8H2,2-3H3. The zero-order valence-corrected chi connectivity index (χ0v) is 8.75. The van der Waals surface area contributed by atoms with Gasteiger partial charge in [0.1, 0.15) is 0 Å². The van der Waals surface area contributed by atoms with Crippen LogP contribution in [-0.4, -0.2) is 24.8 Å². The van der Waals surface area contributed by atoms with Crippen molar-refractivity contribution in [2.45, 2.75) is 51.4 Å². The first-order valence-corrected chi connectivity index (χ1v) is 5.22. The van der Waals surface area contributed by atoms with Gasteiger partial charge in [-0.1, -0.05) is 6.08 Å². The maximum absolute atomic E-state index is 5.66. The van der Waals surface area contributed by atoms with Gasteiger partial charge >= 0.3 is 0 Å². The molecule has 1 aliphatic rings. The minimum Gasteiger partial charge on any atom is -0.375 e. The van der Waals surface area contributed by atoms with Gasteiger partial charge in [0, 0.05) is 6.04 Å². The van der Waals surface area contributed by atoms with Gasteiger partial charge in [0.05, 0.1) is 12.2 Å². The van der Waals surface area contributed by atoms with Gasteiger partial charge in [0.15, 0.2) is 0 Å². The van der Waals surface area contributed by atoms with Crippen LogP contribution >= 0.6 is 0 Å². The molecule has 13 heavy (non-hydrogen) atoms. The Bertz CT molecular complexity index is 148. The Morgan fingerprint density at radius 3 is 2.54 bits per heavy atom. The number of rotatable bonds is 4. The fourth-order valence-electron chi connectivity index (χ4n) is 1.96. The second-order valence-electron chi connectivity index (χ2n) is 3.96. The minimum absolute atomic E-state index is 0.407. The summed E-state index contributed by atoms with van der Waals surface area (Å²) in [5.41, 5.74) is 0. The Hall–Kier alpha value is -0.340. The van der Waals surface area contributed by atoms with Gasteiger partial charge in [-0.3, -0.25) is 0 Å². The summed E-state index contributed by atoms with van der Waals surface area (Å²) in [5.74, 6) is 0. The van der Waals surface area contributed by atoms with E-state index < -0.39 is 0 Å². The van der Waals surface area contributed by atoms with E-state index in [0.717, 1.165) is 25.8 Å². The molecule has 1 fully saturated rings. The monoisotopic (exact) mass is 183 g/mol. The summed E-state index contributed by atoms with van der Waals surface area (Å²) in [5, 5.41) is 3.53. The van der Waals surface area contributed by atoms with Crippen molar-refractivity contribution in [2.75, 3.05) is 6.54 Å². The first kappa shape index (κ1) is 10.7. The van der Waals surface area contributed by atoms with Crippen LogP contribution in [0.1, 0.15) is 33.1 Å². The van der Waals surface area contributed by atoms with Crippen molar-refractivity contribution in [3.8, 4) is 0 Å². The summed E-state index contributed by atoms with van der Waals surface area (Å²) in [6.45, 7) is 9.06. The Labute approximate surface area is 81.4 Å². The predicted molar refractivity (Wildman–Crippen MR) is 55.8 cm³/mol. The van der Waals surface area contributed by atoms with E-state index in [1.54, 1.807) is 0 Å². The lowest BCUT2D eigenvalue weighted by atomic mass is 10.00. The van der Waals surface area contributed by atoms with E-state index in [-0.39, 0.29) is 0 Å². The third kappa shape index (κ3) is 3.92. The van der Waals surface area contributed by atoms with Gasteiger partial charge in [0.25, 0.3) is 0 Å². The summed E-state index contributed by atoms with van der Waals surface area (Å²) in [6, 6.07) is 0.638. The molecule has 1 rings (SSSR count). The Morgan fingerprint density at radius 1 is 1.38 bits per heavy atom. The molecule has 2 nitrogen and oxygen atoms in total. The van der Waals surface area contributed by atoms with Crippen molar-refractivity contribution < 1.29 is 4.74 Å². The quantitative estimate of drug-likeness (QED) is 0.532. The van der Waals surface area contributed by atoms with Crippen LogP contribution in [0.2, 0.25) is 0 Å². The van der Waals surface area contributed by atoms with Gasteiger partial charge < -0.3 is 10.1 Å². The summed E-state index contributed by atoms with van der Waals surface area (Å²) in [6.07, 6.45) is 6.11. The van der Waals surface area contributed by atoms with E-state index in [9.17, 15) is 0 Å². The van der Waals surface area contributed by atoms with Gasteiger partial charge in [-0.25, -0.2) is 0 Å². The van der Waals surface area contributed by atoms with Crippen LogP contribution in [-0.2, 0) is 4.74 Å². The normalized spacial score (nSPS) is 34.5. The molecule has 1 N–H and O–H groups in total. The topological polar surface area (TPSA) is 21.3 Å². The highest BCUT2D eigenvalue weighted by molar-refractivity contribution is 4.79. The highest BCUT2D eigenvalue weighted by Gasteiger charge is 2.23. The fourth-order valence-corrected chi connectivity index (χ4v) is 1.96. The van der Waals surface area contributed by atoms with Crippen LogP contribution in [0.5, 0.6) is 0 Å². The minimum atomic E-state index is 0.407. The number of nitrogens with one attached hydrogen (secondary N) is 1. The smallest absolute Gasteiger partial charge is 0.0565 e. The van der Waals surface area contributed by atoms with Crippen LogP contribution in [0, 0.1) is 0 Å². The predicted octanol–water partition coefficient (Wildman–Crippen LogP) is 2.11. The number of hydrogen-bond donors (Lipinski definition) is 1. The van der Waals surface area contributed by atoms with Gasteiger partial charge in [-0.15, -0.1) is 6.58 Å². The SMILES string of the molecule is C=CCCNC1CC(C)OC(C)C1. The van der Waals surface area contributed by atoms with Gasteiger partial charge in [-0.05, 0) is 39.7 Å². The second-order valence-corrected chi connectivity index (χ2v) is 3.96. The molecule has 0 radical (unpaired) electrons. The first-order valence-electron chi connectivity index (χ1n) is 5.22. The molecule has 0 aromatic rings. The van der Waals surface area contributed by atoms with E-state index in [0.29, 0.717) is 18.2 Å². The van der Waals surface area contributed by atoms with Crippen LogP contribution in [0.15, 0.2) is 12.7 Å². The molecule has 0 amide bonds. The summed E-state index contributed by atoms with van der Waals surface area (Å²) in [7, 11) is 0.